The van der Waals surface area contributed by atoms with E-state index >= 15 is 0 Å². The van der Waals surface area contributed by atoms with E-state index in [4.69, 9.17) is 0 Å². The van der Waals surface area contributed by atoms with E-state index in [1.54, 1.807) is 0 Å². The molecule has 1 N–H and O–H groups in total. The van der Waals surface area contributed by atoms with Crippen LogP contribution < -0.4 is 5.32 Å². The monoisotopic (exact) mass is 321 g/mol. The van der Waals surface area contributed by atoms with E-state index in [0.717, 1.165) is 31.6 Å². The Balaban J connectivity index is 0.00000147. The van der Waals surface area contributed by atoms with E-state index in [9.17, 15) is 12.8 Å². The summed E-state index contributed by atoms with van der Waals surface area (Å²) in [6, 6.07) is 1.46. The third kappa shape index (κ3) is 2.81. The van der Waals surface area contributed by atoms with Crippen LogP contribution in [0.15, 0.2) is 23.4 Å². The maximum absolute atomic E-state index is 13.1. The van der Waals surface area contributed by atoms with Crippen molar-refractivity contribution in [2.24, 2.45) is 5.92 Å². The average Bonchev–Trinajstić information content (AvgIpc) is 2.85. The fourth-order valence-corrected chi connectivity index (χ4v) is 4.40. The number of hydrogen-bond acceptors (Lipinski definition) is 4. The van der Waals surface area contributed by atoms with Gasteiger partial charge in [-0.15, -0.1) is 12.4 Å². The van der Waals surface area contributed by atoms with Gasteiger partial charge >= 0.3 is 0 Å². The molecule has 3 rings (SSSR count). The zero-order chi connectivity index (χ0) is 13.5. The van der Waals surface area contributed by atoms with E-state index in [0.29, 0.717) is 25.0 Å². The van der Waals surface area contributed by atoms with Crippen molar-refractivity contribution >= 4 is 22.4 Å². The molecule has 0 aromatic carbocycles. The lowest BCUT2D eigenvalue weighted by molar-refractivity contribution is 0.247. The lowest BCUT2D eigenvalue weighted by atomic mass is 9.95. The Morgan fingerprint density at radius 2 is 2.15 bits per heavy atom. The second-order valence-corrected chi connectivity index (χ2v) is 7.04. The first kappa shape index (κ1) is 15.6. The SMILES string of the molecule is Cl.O=S(=O)(c1cncc(F)c1)N1CCC2NCCC2C1. The van der Waals surface area contributed by atoms with Crippen molar-refractivity contribution in [3.8, 4) is 0 Å². The summed E-state index contributed by atoms with van der Waals surface area (Å²) in [7, 11) is -3.62. The zero-order valence-corrected chi connectivity index (χ0v) is 12.5. The van der Waals surface area contributed by atoms with Gasteiger partial charge in [0.25, 0.3) is 0 Å². The van der Waals surface area contributed by atoms with Crippen molar-refractivity contribution in [1.82, 2.24) is 14.6 Å². The quantitative estimate of drug-likeness (QED) is 0.883. The molecule has 20 heavy (non-hydrogen) atoms. The molecule has 2 atom stereocenters. The number of pyridine rings is 1. The lowest BCUT2D eigenvalue weighted by Crippen LogP contribution is -2.46. The molecule has 8 heteroatoms. The highest BCUT2D eigenvalue weighted by Gasteiger charge is 2.37. The third-order valence-electron chi connectivity index (χ3n) is 3.94. The van der Waals surface area contributed by atoms with Gasteiger partial charge in [-0.1, -0.05) is 0 Å². The van der Waals surface area contributed by atoms with E-state index < -0.39 is 15.8 Å². The Morgan fingerprint density at radius 1 is 1.35 bits per heavy atom. The predicted molar refractivity (Wildman–Crippen MR) is 74.7 cm³/mol. The number of nitrogens with zero attached hydrogens (tertiary/aromatic N) is 2. The van der Waals surface area contributed by atoms with Crippen molar-refractivity contribution in [3.05, 3.63) is 24.3 Å². The standard InChI is InChI=1S/C12H16FN3O2S.ClH/c13-10-5-11(7-14-6-10)19(17,18)16-4-2-12-9(8-16)1-3-15-12;/h5-7,9,12,15H,1-4,8H2;1H. The van der Waals surface area contributed by atoms with Crippen molar-refractivity contribution < 1.29 is 12.8 Å². The van der Waals surface area contributed by atoms with Gasteiger partial charge in [0.05, 0.1) is 6.20 Å². The van der Waals surface area contributed by atoms with Crippen molar-refractivity contribution in [2.45, 2.75) is 23.8 Å². The summed E-state index contributed by atoms with van der Waals surface area (Å²) in [4.78, 5) is 3.56. The van der Waals surface area contributed by atoms with Gasteiger partial charge in [0.2, 0.25) is 10.0 Å². The molecule has 112 valence electrons. The summed E-state index contributed by atoms with van der Waals surface area (Å²) in [5.41, 5.74) is 0. The van der Waals surface area contributed by atoms with Crippen molar-refractivity contribution in [1.29, 1.82) is 0 Å². The minimum absolute atomic E-state index is 0. The van der Waals surface area contributed by atoms with Gasteiger partial charge in [0.1, 0.15) is 10.7 Å². The molecule has 0 amide bonds. The lowest BCUT2D eigenvalue weighted by Gasteiger charge is -2.33. The van der Waals surface area contributed by atoms with Crippen LogP contribution in [-0.4, -0.2) is 43.4 Å². The molecule has 0 bridgehead atoms. The second-order valence-electron chi connectivity index (χ2n) is 5.10. The molecule has 1 aromatic heterocycles. The minimum Gasteiger partial charge on any atom is -0.314 e. The highest BCUT2D eigenvalue weighted by molar-refractivity contribution is 7.89. The molecule has 2 saturated heterocycles. The van der Waals surface area contributed by atoms with E-state index in [1.807, 2.05) is 0 Å². The smallest absolute Gasteiger partial charge is 0.244 e. The molecule has 2 aliphatic heterocycles. The zero-order valence-electron chi connectivity index (χ0n) is 10.8. The van der Waals surface area contributed by atoms with Crippen LogP contribution in [0.1, 0.15) is 12.8 Å². The molecule has 2 aliphatic rings. The Hall–Kier alpha value is -0.760. The first-order valence-electron chi connectivity index (χ1n) is 6.41. The number of fused-ring (bicyclic) bond motifs is 1. The van der Waals surface area contributed by atoms with Gasteiger partial charge in [-0.05, 0) is 31.4 Å². The predicted octanol–water partition coefficient (Wildman–Crippen LogP) is 1.01. The van der Waals surface area contributed by atoms with Crippen molar-refractivity contribution in [2.75, 3.05) is 19.6 Å². The number of hydrogen-bond donors (Lipinski definition) is 1. The van der Waals surface area contributed by atoms with Crippen molar-refractivity contribution in [3.63, 3.8) is 0 Å². The maximum Gasteiger partial charge on any atom is 0.244 e. The summed E-state index contributed by atoms with van der Waals surface area (Å²) in [5, 5.41) is 3.39. The summed E-state index contributed by atoms with van der Waals surface area (Å²) >= 11 is 0. The van der Waals surface area contributed by atoms with Crippen LogP contribution in [0.5, 0.6) is 0 Å². The molecule has 5 nitrogen and oxygen atoms in total. The summed E-state index contributed by atoms with van der Waals surface area (Å²) < 4.78 is 39.4. The van der Waals surface area contributed by atoms with Gasteiger partial charge in [0, 0.05) is 25.3 Å². The number of rotatable bonds is 2. The van der Waals surface area contributed by atoms with Crippen LogP contribution >= 0.6 is 12.4 Å². The third-order valence-corrected chi connectivity index (χ3v) is 5.77. The van der Waals surface area contributed by atoms with Crippen LogP contribution in [0.3, 0.4) is 0 Å². The Bertz CT molecular complexity index is 584. The molecule has 0 saturated carbocycles. The number of halogens is 2. The van der Waals surface area contributed by atoms with Crippen LogP contribution in [-0.2, 0) is 10.0 Å². The second kappa shape index (κ2) is 5.93. The van der Waals surface area contributed by atoms with Crippen LogP contribution in [0.25, 0.3) is 0 Å². The Kier molecular flexibility index (Phi) is 4.63. The highest BCUT2D eigenvalue weighted by Crippen LogP contribution is 2.28. The van der Waals surface area contributed by atoms with Gasteiger partial charge in [-0.2, -0.15) is 4.31 Å². The summed E-state index contributed by atoms with van der Waals surface area (Å²) in [6.07, 6.45) is 4.02. The molecule has 0 radical (unpaired) electrons. The van der Waals surface area contributed by atoms with Crippen LogP contribution in [0.4, 0.5) is 4.39 Å². The first-order valence-corrected chi connectivity index (χ1v) is 7.85. The van der Waals surface area contributed by atoms with Gasteiger partial charge < -0.3 is 5.32 Å². The summed E-state index contributed by atoms with van der Waals surface area (Å²) in [5.74, 6) is -0.261. The molecule has 0 spiro atoms. The maximum atomic E-state index is 13.1. The average molecular weight is 322 g/mol. The normalized spacial score (nSPS) is 26.9. The van der Waals surface area contributed by atoms with E-state index in [2.05, 4.69) is 10.3 Å². The molecule has 2 fully saturated rings. The largest absolute Gasteiger partial charge is 0.314 e. The Morgan fingerprint density at radius 3 is 2.90 bits per heavy atom. The van der Waals surface area contributed by atoms with Crippen LogP contribution in [0.2, 0.25) is 0 Å². The fourth-order valence-electron chi connectivity index (χ4n) is 2.92. The first-order chi connectivity index (χ1) is 9.07. The highest BCUT2D eigenvalue weighted by atomic mass is 35.5. The van der Waals surface area contributed by atoms with E-state index in [-0.39, 0.29) is 17.3 Å². The van der Waals surface area contributed by atoms with Crippen LogP contribution in [0, 0.1) is 11.7 Å². The number of sulfonamides is 1. The number of piperidine rings is 1. The van der Waals surface area contributed by atoms with E-state index in [1.165, 1.54) is 10.5 Å². The number of nitrogens with one attached hydrogen (secondary N) is 1. The molecule has 3 heterocycles. The molecule has 0 aliphatic carbocycles. The minimum atomic E-state index is -3.62. The Labute approximate surface area is 124 Å². The fraction of sp³-hybridized carbons (Fsp3) is 0.583. The molecular formula is C12H17ClFN3O2S. The topological polar surface area (TPSA) is 62.3 Å². The molecular weight excluding hydrogens is 305 g/mol. The molecule has 2 unspecified atom stereocenters. The summed E-state index contributed by atoms with van der Waals surface area (Å²) in [6.45, 7) is 1.94. The van der Waals surface area contributed by atoms with Gasteiger partial charge in [0.15, 0.2) is 0 Å². The van der Waals surface area contributed by atoms with Gasteiger partial charge in [-0.25, -0.2) is 12.8 Å². The van der Waals surface area contributed by atoms with Gasteiger partial charge in [-0.3, -0.25) is 4.98 Å². The molecule has 1 aromatic rings. The number of aromatic nitrogens is 1.